The van der Waals surface area contributed by atoms with Crippen LogP contribution in [0.2, 0.25) is 0 Å². The number of aliphatic imine (C=N–C) groups is 1. The first-order chi connectivity index (χ1) is 14.6. The highest BCUT2D eigenvalue weighted by molar-refractivity contribution is 14.0. The van der Waals surface area contributed by atoms with E-state index < -0.39 is 0 Å². The first-order valence-corrected chi connectivity index (χ1v) is 10.8. The number of likely N-dealkylation sites (tertiary alicyclic amines) is 1. The monoisotopic (exact) mass is 539 g/mol. The number of benzene rings is 1. The highest BCUT2D eigenvalue weighted by Crippen LogP contribution is 2.24. The Balaban J connectivity index is 0.00000341. The fraction of sp³-hybridized carbons (Fsp3) is 0.522. The topological polar surface area (TPSA) is 71.8 Å². The van der Waals surface area contributed by atoms with Gasteiger partial charge in [0.2, 0.25) is 0 Å². The second-order valence-corrected chi connectivity index (χ2v) is 7.81. The molecular formula is C23H34IN5O2. The van der Waals surface area contributed by atoms with Gasteiger partial charge in [0.15, 0.2) is 5.96 Å². The molecule has 170 valence electrons. The Kier molecular flexibility index (Phi) is 10.3. The molecule has 1 saturated heterocycles. The largest absolute Gasteiger partial charge is 0.469 e. The van der Waals surface area contributed by atoms with Gasteiger partial charge in [-0.15, -0.1) is 24.0 Å². The molecule has 8 heteroatoms. The zero-order valence-electron chi connectivity index (χ0n) is 18.7. The van der Waals surface area contributed by atoms with Gasteiger partial charge in [-0.1, -0.05) is 37.3 Å². The van der Waals surface area contributed by atoms with Crippen LogP contribution in [0.1, 0.15) is 31.7 Å². The molecule has 1 fully saturated rings. The molecule has 31 heavy (non-hydrogen) atoms. The van der Waals surface area contributed by atoms with Gasteiger partial charge in [0, 0.05) is 38.6 Å². The normalized spacial score (nSPS) is 18.5. The number of methoxy groups -OCH3 is 1. The van der Waals surface area contributed by atoms with Crippen LogP contribution in [0.5, 0.6) is 0 Å². The summed E-state index contributed by atoms with van der Waals surface area (Å²) in [6.45, 7) is 7.76. The van der Waals surface area contributed by atoms with Gasteiger partial charge in [-0.05, 0) is 31.2 Å². The van der Waals surface area contributed by atoms with Gasteiger partial charge in [0.1, 0.15) is 12.4 Å². The minimum atomic E-state index is -0.144. The van der Waals surface area contributed by atoms with Gasteiger partial charge < -0.3 is 19.5 Å². The van der Waals surface area contributed by atoms with Crippen molar-refractivity contribution in [1.82, 2.24) is 19.8 Å². The van der Waals surface area contributed by atoms with Gasteiger partial charge in [0.25, 0.3) is 0 Å². The maximum atomic E-state index is 12.0. The Morgan fingerprint density at radius 1 is 1.29 bits per heavy atom. The Morgan fingerprint density at radius 3 is 2.77 bits per heavy atom. The number of imidazole rings is 1. The lowest BCUT2D eigenvalue weighted by atomic mass is 9.99. The third-order valence-corrected chi connectivity index (χ3v) is 5.63. The first-order valence-electron chi connectivity index (χ1n) is 10.8. The SMILES string of the molecule is CCNC(=NCc1nccn1CCCc1ccccc1)N1CC(C)C(C(=O)OC)C1.I. The minimum Gasteiger partial charge on any atom is -0.469 e. The summed E-state index contributed by atoms with van der Waals surface area (Å²) < 4.78 is 7.14. The van der Waals surface area contributed by atoms with Crippen molar-refractivity contribution < 1.29 is 9.53 Å². The van der Waals surface area contributed by atoms with E-state index in [2.05, 4.69) is 57.9 Å². The molecule has 0 saturated carbocycles. The number of aryl methyl sites for hydroxylation is 2. The second-order valence-electron chi connectivity index (χ2n) is 7.81. The van der Waals surface area contributed by atoms with Crippen molar-refractivity contribution in [3.63, 3.8) is 0 Å². The molecular weight excluding hydrogens is 505 g/mol. The molecule has 1 aliphatic heterocycles. The van der Waals surface area contributed by atoms with Gasteiger partial charge >= 0.3 is 5.97 Å². The minimum absolute atomic E-state index is 0. The van der Waals surface area contributed by atoms with Crippen molar-refractivity contribution in [2.75, 3.05) is 26.7 Å². The summed E-state index contributed by atoms with van der Waals surface area (Å²) in [6, 6.07) is 10.5. The zero-order valence-corrected chi connectivity index (χ0v) is 21.0. The van der Waals surface area contributed by atoms with E-state index in [4.69, 9.17) is 9.73 Å². The highest BCUT2D eigenvalue weighted by Gasteiger charge is 2.36. The third kappa shape index (κ3) is 6.95. The van der Waals surface area contributed by atoms with Gasteiger partial charge in [0.05, 0.1) is 13.0 Å². The molecule has 2 unspecified atom stereocenters. The molecule has 1 N–H and O–H groups in total. The van der Waals surface area contributed by atoms with E-state index in [1.54, 1.807) is 0 Å². The van der Waals surface area contributed by atoms with E-state index in [1.807, 2.05) is 18.5 Å². The lowest BCUT2D eigenvalue weighted by Gasteiger charge is -2.21. The average Bonchev–Trinajstić information content (AvgIpc) is 3.37. The van der Waals surface area contributed by atoms with Crippen LogP contribution in [0.25, 0.3) is 0 Å². The summed E-state index contributed by atoms with van der Waals surface area (Å²) in [6.07, 6.45) is 5.96. The van der Waals surface area contributed by atoms with Crippen molar-refractivity contribution in [2.24, 2.45) is 16.8 Å². The summed E-state index contributed by atoms with van der Waals surface area (Å²) in [4.78, 5) is 23.5. The number of nitrogens with zero attached hydrogens (tertiary/aromatic N) is 4. The number of aromatic nitrogens is 2. The summed E-state index contributed by atoms with van der Waals surface area (Å²) >= 11 is 0. The predicted octanol–water partition coefficient (Wildman–Crippen LogP) is 3.34. The maximum absolute atomic E-state index is 12.0. The number of carbonyl (C=O) groups excluding carboxylic acids is 1. The predicted molar refractivity (Wildman–Crippen MR) is 133 cm³/mol. The molecule has 1 aromatic heterocycles. The molecule has 0 spiro atoms. The number of esters is 1. The van der Waals surface area contributed by atoms with Crippen LogP contribution in [0.15, 0.2) is 47.7 Å². The first kappa shape index (κ1) is 25.2. The summed E-state index contributed by atoms with van der Waals surface area (Å²) in [5.74, 6) is 1.76. The summed E-state index contributed by atoms with van der Waals surface area (Å²) in [5, 5.41) is 3.36. The van der Waals surface area contributed by atoms with Gasteiger partial charge in [-0.2, -0.15) is 0 Å². The molecule has 0 radical (unpaired) electrons. The molecule has 7 nitrogen and oxygen atoms in total. The Labute approximate surface area is 202 Å². The standard InChI is InChI=1S/C23H33N5O2.HI/c1-4-24-23(28-16-18(2)20(17-28)22(29)30-3)26-15-21-25-12-14-27(21)13-8-11-19-9-6-5-7-10-19;/h5-7,9-10,12,14,18,20H,4,8,11,13,15-17H2,1-3H3,(H,24,26);1H. The number of ether oxygens (including phenoxy) is 1. The van der Waals surface area contributed by atoms with Crippen molar-refractivity contribution in [1.29, 1.82) is 0 Å². The summed E-state index contributed by atoms with van der Waals surface area (Å²) in [5.41, 5.74) is 1.36. The Bertz CT molecular complexity index is 840. The molecule has 3 rings (SSSR count). The van der Waals surface area contributed by atoms with Gasteiger partial charge in [-0.25, -0.2) is 9.98 Å². The third-order valence-electron chi connectivity index (χ3n) is 5.63. The van der Waals surface area contributed by atoms with Crippen molar-refractivity contribution in [3.05, 3.63) is 54.1 Å². The lowest BCUT2D eigenvalue weighted by molar-refractivity contribution is -0.145. The number of hydrogen-bond donors (Lipinski definition) is 1. The summed E-state index contributed by atoms with van der Waals surface area (Å²) in [7, 11) is 1.45. The molecule has 2 heterocycles. The highest BCUT2D eigenvalue weighted by atomic mass is 127. The Morgan fingerprint density at radius 2 is 2.06 bits per heavy atom. The number of halogens is 1. The quantitative estimate of drug-likeness (QED) is 0.241. The van der Waals surface area contributed by atoms with E-state index in [0.717, 1.165) is 44.3 Å². The van der Waals surface area contributed by atoms with Crippen molar-refractivity contribution in [3.8, 4) is 0 Å². The fourth-order valence-corrected chi connectivity index (χ4v) is 3.96. The molecule has 1 aromatic carbocycles. The van der Waals surface area contributed by atoms with Crippen LogP contribution in [0, 0.1) is 11.8 Å². The Hall–Kier alpha value is -2.10. The number of rotatable bonds is 8. The van der Waals surface area contributed by atoms with Crippen molar-refractivity contribution >= 4 is 35.9 Å². The molecule has 0 aliphatic carbocycles. The second kappa shape index (κ2) is 12.7. The number of guanidine groups is 1. The van der Waals surface area contributed by atoms with E-state index in [9.17, 15) is 4.79 Å². The zero-order chi connectivity index (χ0) is 21.3. The van der Waals surface area contributed by atoms with Crippen LogP contribution in [-0.4, -0.2) is 53.1 Å². The van der Waals surface area contributed by atoms with E-state index >= 15 is 0 Å². The van der Waals surface area contributed by atoms with Gasteiger partial charge in [-0.3, -0.25) is 4.79 Å². The van der Waals surface area contributed by atoms with E-state index in [0.29, 0.717) is 13.1 Å². The smallest absolute Gasteiger partial charge is 0.310 e. The number of carbonyl (C=O) groups is 1. The molecule has 0 bridgehead atoms. The van der Waals surface area contributed by atoms with Crippen LogP contribution < -0.4 is 5.32 Å². The molecule has 1 aliphatic rings. The number of nitrogens with one attached hydrogen (secondary N) is 1. The van der Waals surface area contributed by atoms with Crippen LogP contribution in [0.4, 0.5) is 0 Å². The van der Waals surface area contributed by atoms with Crippen LogP contribution in [0.3, 0.4) is 0 Å². The average molecular weight is 539 g/mol. The van der Waals surface area contributed by atoms with Crippen LogP contribution >= 0.6 is 24.0 Å². The maximum Gasteiger partial charge on any atom is 0.310 e. The van der Waals surface area contributed by atoms with Crippen molar-refractivity contribution in [2.45, 2.75) is 39.8 Å². The van der Waals surface area contributed by atoms with Crippen LogP contribution in [-0.2, 0) is 29.0 Å². The molecule has 2 aromatic rings. The molecule has 2 atom stereocenters. The fourth-order valence-electron chi connectivity index (χ4n) is 3.96. The van der Waals surface area contributed by atoms with E-state index in [-0.39, 0.29) is 41.8 Å². The van der Waals surface area contributed by atoms with E-state index in [1.165, 1.54) is 12.7 Å². The lowest BCUT2D eigenvalue weighted by Crippen LogP contribution is -2.40. The number of hydrogen-bond acceptors (Lipinski definition) is 4. The molecule has 0 amide bonds.